The highest BCUT2D eigenvalue weighted by Crippen LogP contribution is 2.34. The lowest BCUT2D eigenvalue weighted by Crippen LogP contribution is -2.30. The van der Waals surface area contributed by atoms with Crippen molar-refractivity contribution < 1.29 is 4.79 Å². The van der Waals surface area contributed by atoms with Crippen LogP contribution in [-0.4, -0.2) is 21.7 Å². The number of benzene rings is 1. The smallest absolute Gasteiger partial charge is 0.266 e. The molecule has 5 heteroatoms. The van der Waals surface area contributed by atoms with Gasteiger partial charge in [0.05, 0.1) is 4.91 Å². The minimum Gasteiger partial charge on any atom is -0.293 e. The van der Waals surface area contributed by atoms with Gasteiger partial charge in [-0.05, 0) is 42.0 Å². The Kier molecular flexibility index (Phi) is 4.76. The maximum absolute atomic E-state index is 12.5. The third kappa shape index (κ3) is 3.32. The number of thiocarbonyl (C=S) groups is 1. The molecule has 2 heterocycles. The second-order valence-electron chi connectivity index (χ2n) is 5.04. The highest BCUT2D eigenvalue weighted by atomic mass is 32.2. The summed E-state index contributed by atoms with van der Waals surface area (Å²) in [7, 11) is 0. The molecule has 1 aliphatic heterocycles. The van der Waals surface area contributed by atoms with Gasteiger partial charge in [0.15, 0.2) is 0 Å². The van der Waals surface area contributed by atoms with Crippen LogP contribution in [0.4, 0.5) is 0 Å². The fraction of sp³-hybridized carbons (Fsp3) is 0.176. The van der Waals surface area contributed by atoms with Crippen molar-refractivity contribution >= 4 is 51.6 Å². The molecule has 0 radical (unpaired) electrons. The van der Waals surface area contributed by atoms with Crippen LogP contribution in [0, 0.1) is 6.92 Å². The van der Waals surface area contributed by atoms with Gasteiger partial charge >= 0.3 is 0 Å². The Morgan fingerprint density at radius 2 is 2.00 bits per heavy atom. The van der Waals surface area contributed by atoms with E-state index in [2.05, 4.69) is 25.1 Å². The molecule has 1 aliphatic rings. The van der Waals surface area contributed by atoms with Crippen molar-refractivity contribution in [3.63, 3.8) is 0 Å². The Hall–Kier alpha value is -1.43. The first-order valence-corrected chi connectivity index (χ1v) is 9.09. The van der Waals surface area contributed by atoms with E-state index in [0.717, 1.165) is 16.2 Å². The molecule has 0 N–H and O–H groups in total. The number of thiophene rings is 1. The maximum atomic E-state index is 12.5. The van der Waals surface area contributed by atoms with Crippen molar-refractivity contribution in [2.75, 3.05) is 6.54 Å². The summed E-state index contributed by atoms with van der Waals surface area (Å²) < 4.78 is 0.654. The fourth-order valence-electron chi connectivity index (χ4n) is 2.23. The topological polar surface area (TPSA) is 20.3 Å². The summed E-state index contributed by atoms with van der Waals surface area (Å²) in [6.07, 6.45) is 2.78. The van der Waals surface area contributed by atoms with Crippen LogP contribution < -0.4 is 0 Å². The van der Waals surface area contributed by atoms with E-state index in [9.17, 15) is 4.79 Å². The molecule has 2 nitrogen and oxygen atoms in total. The number of thioether (sulfide) groups is 1. The van der Waals surface area contributed by atoms with Gasteiger partial charge in [-0.3, -0.25) is 9.69 Å². The summed E-state index contributed by atoms with van der Waals surface area (Å²) in [5, 5.41) is 2.04. The second-order valence-corrected chi connectivity index (χ2v) is 7.66. The van der Waals surface area contributed by atoms with E-state index in [0.29, 0.717) is 10.9 Å². The predicted octanol–water partition coefficient (Wildman–Crippen LogP) is 4.50. The Labute approximate surface area is 143 Å². The second kappa shape index (κ2) is 6.77. The zero-order chi connectivity index (χ0) is 15.5. The molecule has 112 valence electrons. The SMILES string of the molecule is Cc1ccsc1/C=C1\SC(=S)N(CCc2ccccc2)C1=O. The Bertz CT molecular complexity index is 733. The Morgan fingerprint density at radius 1 is 1.23 bits per heavy atom. The van der Waals surface area contributed by atoms with E-state index in [-0.39, 0.29) is 5.91 Å². The number of hydrogen-bond donors (Lipinski definition) is 0. The monoisotopic (exact) mass is 345 g/mol. The molecular formula is C17H15NOS3. The number of amides is 1. The number of nitrogens with zero attached hydrogens (tertiary/aromatic N) is 1. The van der Waals surface area contributed by atoms with Crippen LogP contribution in [0.1, 0.15) is 16.0 Å². The summed E-state index contributed by atoms with van der Waals surface area (Å²) in [6.45, 7) is 2.69. The third-order valence-electron chi connectivity index (χ3n) is 3.50. The van der Waals surface area contributed by atoms with E-state index >= 15 is 0 Å². The molecule has 2 aromatic rings. The van der Waals surface area contributed by atoms with Gasteiger partial charge in [0, 0.05) is 11.4 Å². The quantitative estimate of drug-likeness (QED) is 0.601. The molecule has 1 fully saturated rings. The molecule has 0 spiro atoms. The normalized spacial score (nSPS) is 16.8. The lowest BCUT2D eigenvalue weighted by molar-refractivity contribution is -0.122. The summed E-state index contributed by atoms with van der Waals surface area (Å²) in [5.74, 6) is 0.0266. The summed E-state index contributed by atoms with van der Waals surface area (Å²) in [6, 6.07) is 12.2. The van der Waals surface area contributed by atoms with Crippen molar-refractivity contribution in [3.05, 3.63) is 62.7 Å². The van der Waals surface area contributed by atoms with E-state index in [1.165, 1.54) is 22.9 Å². The van der Waals surface area contributed by atoms with E-state index in [1.54, 1.807) is 16.2 Å². The first-order valence-electron chi connectivity index (χ1n) is 6.98. The summed E-state index contributed by atoms with van der Waals surface area (Å²) in [5.41, 5.74) is 2.41. The van der Waals surface area contributed by atoms with E-state index in [4.69, 9.17) is 12.2 Å². The molecule has 1 aromatic carbocycles. The van der Waals surface area contributed by atoms with Crippen molar-refractivity contribution in [2.45, 2.75) is 13.3 Å². The van der Waals surface area contributed by atoms with E-state index < -0.39 is 0 Å². The van der Waals surface area contributed by atoms with Gasteiger partial charge < -0.3 is 0 Å². The zero-order valence-electron chi connectivity index (χ0n) is 12.1. The lowest BCUT2D eigenvalue weighted by atomic mass is 10.1. The van der Waals surface area contributed by atoms with Crippen molar-refractivity contribution in [3.8, 4) is 0 Å². The average Bonchev–Trinajstić information content (AvgIpc) is 3.03. The first-order chi connectivity index (χ1) is 10.6. The highest BCUT2D eigenvalue weighted by molar-refractivity contribution is 8.26. The zero-order valence-corrected chi connectivity index (χ0v) is 14.6. The van der Waals surface area contributed by atoms with Crippen LogP contribution in [0.5, 0.6) is 0 Å². The molecule has 1 saturated heterocycles. The van der Waals surface area contributed by atoms with Gasteiger partial charge in [0.2, 0.25) is 0 Å². The number of hydrogen-bond acceptors (Lipinski definition) is 4. The molecular weight excluding hydrogens is 330 g/mol. The van der Waals surface area contributed by atoms with Crippen molar-refractivity contribution in [1.29, 1.82) is 0 Å². The van der Waals surface area contributed by atoms with Gasteiger partial charge in [-0.15, -0.1) is 11.3 Å². The predicted molar refractivity (Wildman–Crippen MR) is 99.1 cm³/mol. The van der Waals surface area contributed by atoms with Gasteiger partial charge in [0.25, 0.3) is 5.91 Å². The Morgan fingerprint density at radius 3 is 2.68 bits per heavy atom. The molecule has 0 bridgehead atoms. The van der Waals surface area contributed by atoms with Crippen LogP contribution in [0.3, 0.4) is 0 Å². The minimum atomic E-state index is 0.0266. The van der Waals surface area contributed by atoms with Crippen molar-refractivity contribution in [2.24, 2.45) is 0 Å². The van der Waals surface area contributed by atoms with Crippen LogP contribution in [-0.2, 0) is 11.2 Å². The minimum absolute atomic E-state index is 0.0266. The number of carbonyl (C=O) groups excluding carboxylic acids is 1. The molecule has 1 amide bonds. The summed E-state index contributed by atoms with van der Waals surface area (Å²) >= 11 is 8.42. The Balaban J connectivity index is 1.72. The summed E-state index contributed by atoms with van der Waals surface area (Å²) in [4.78, 5) is 16.1. The van der Waals surface area contributed by atoms with Crippen LogP contribution in [0.15, 0.2) is 46.7 Å². The average molecular weight is 346 g/mol. The number of aryl methyl sites for hydroxylation is 1. The number of rotatable bonds is 4. The molecule has 0 saturated carbocycles. The number of carbonyl (C=O) groups is 1. The maximum Gasteiger partial charge on any atom is 0.266 e. The van der Waals surface area contributed by atoms with Gasteiger partial charge in [-0.1, -0.05) is 54.3 Å². The van der Waals surface area contributed by atoms with Gasteiger partial charge in [-0.2, -0.15) is 0 Å². The standard InChI is InChI=1S/C17H15NOS3/c1-12-8-10-21-14(12)11-15-16(19)18(17(20)22-15)9-7-13-5-3-2-4-6-13/h2-6,8,10-11H,7,9H2,1H3/b15-11-. The van der Waals surface area contributed by atoms with Crippen LogP contribution in [0.25, 0.3) is 6.08 Å². The van der Waals surface area contributed by atoms with Gasteiger partial charge in [0.1, 0.15) is 4.32 Å². The highest BCUT2D eigenvalue weighted by Gasteiger charge is 2.31. The molecule has 3 rings (SSSR count). The molecule has 0 aliphatic carbocycles. The molecule has 1 aromatic heterocycles. The fourth-order valence-corrected chi connectivity index (χ4v) is 4.45. The lowest BCUT2D eigenvalue weighted by Gasteiger charge is -2.14. The molecule has 22 heavy (non-hydrogen) atoms. The largest absolute Gasteiger partial charge is 0.293 e. The molecule has 0 atom stereocenters. The van der Waals surface area contributed by atoms with Crippen LogP contribution in [0.2, 0.25) is 0 Å². The van der Waals surface area contributed by atoms with E-state index in [1.807, 2.05) is 29.7 Å². The van der Waals surface area contributed by atoms with Crippen molar-refractivity contribution in [1.82, 2.24) is 4.90 Å². The van der Waals surface area contributed by atoms with Crippen LogP contribution >= 0.6 is 35.3 Å². The third-order valence-corrected chi connectivity index (χ3v) is 5.85. The first kappa shape index (κ1) is 15.5. The molecule has 0 unspecified atom stereocenters. The van der Waals surface area contributed by atoms with Gasteiger partial charge in [-0.25, -0.2) is 0 Å².